The Bertz CT molecular complexity index is 334. The molecule has 1 aromatic carbocycles. The van der Waals surface area contributed by atoms with Crippen molar-refractivity contribution < 1.29 is 4.84 Å². The van der Waals surface area contributed by atoms with Crippen LogP contribution < -0.4 is 4.84 Å². The lowest BCUT2D eigenvalue weighted by Gasteiger charge is -2.26. The van der Waals surface area contributed by atoms with Crippen LogP contribution in [0.4, 0.5) is 0 Å². The second-order valence-electron chi connectivity index (χ2n) is 3.99. The molecule has 1 aliphatic heterocycles. The predicted molar refractivity (Wildman–Crippen MR) is 62.2 cm³/mol. The fourth-order valence-electron chi connectivity index (χ4n) is 1.74. The standard InChI is InChI=1S/C12H16ClNO/c1-10-5-6-11(9-12(10)13)15-14-7-3-2-4-8-14/h5-6,9H,2-4,7-8H2,1H3. The Hall–Kier alpha value is -0.730. The van der Waals surface area contributed by atoms with E-state index in [2.05, 4.69) is 0 Å². The quantitative estimate of drug-likeness (QED) is 0.765. The predicted octanol–water partition coefficient (Wildman–Crippen LogP) is 3.43. The molecule has 82 valence electrons. The Morgan fingerprint density at radius 1 is 1.20 bits per heavy atom. The summed E-state index contributed by atoms with van der Waals surface area (Å²) in [6.07, 6.45) is 3.76. The molecule has 0 unspecified atom stereocenters. The highest BCUT2D eigenvalue weighted by Gasteiger charge is 2.11. The minimum absolute atomic E-state index is 0.768. The Balaban J connectivity index is 2.00. The maximum absolute atomic E-state index is 6.03. The Labute approximate surface area is 95.7 Å². The van der Waals surface area contributed by atoms with Crippen molar-refractivity contribution in [2.45, 2.75) is 26.2 Å². The summed E-state index contributed by atoms with van der Waals surface area (Å²) in [4.78, 5) is 5.74. The fourth-order valence-corrected chi connectivity index (χ4v) is 1.91. The molecule has 1 aliphatic rings. The second-order valence-corrected chi connectivity index (χ2v) is 4.40. The molecule has 3 heteroatoms. The molecule has 2 rings (SSSR count). The topological polar surface area (TPSA) is 12.5 Å². The number of hydroxylamine groups is 2. The van der Waals surface area contributed by atoms with E-state index < -0.39 is 0 Å². The summed E-state index contributed by atoms with van der Waals surface area (Å²) in [5.74, 6) is 0.840. The third-order valence-corrected chi connectivity index (χ3v) is 3.10. The lowest BCUT2D eigenvalue weighted by molar-refractivity contribution is -0.0719. The number of aryl methyl sites for hydroxylation is 1. The summed E-state index contributed by atoms with van der Waals surface area (Å²) < 4.78 is 0. The van der Waals surface area contributed by atoms with E-state index in [9.17, 15) is 0 Å². The summed E-state index contributed by atoms with van der Waals surface area (Å²) in [7, 11) is 0. The number of hydrogen-bond donors (Lipinski definition) is 0. The van der Waals surface area contributed by atoms with Crippen molar-refractivity contribution in [3.63, 3.8) is 0 Å². The van der Waals surface area contributed by atoms with Crippen molar-refractivity contribution in [2.24, 2.45) is 0 Å². The fraction of sp³-hybridized carbons (Fsp3) is 0.500. The first-order chi connectivity index (χ1) is 7.25. The van der Waals surface area contributed by atoms with Gasteiger partial charge in [-0.3, -0.25) is 0 Å². The van der Waals surface area contributed by atoms with Crippen LogP contribution in [-0.4, -0.2) is 18.2 Å². The van der Waals surface area contributed by atoms with Crippen molar-refractivity contribution in [1.29, 1.82) is 0 Å². The van der Waals surface area contributed by atoms with Crippen molar-refractivity contribution in [2.75, 3.05) is 13.1 Å². The molecule has 15 heavy (non-hydrogen) atoms. The normalized spacial score (nSPS) is 17.7. The number of halogens is 1. The van der Waals surface area contributed by atoms with Gasteiger partial charge in [0.1, 0.15) is 5.75 Å². The van der Waals surface area contributed by atoms with E-state index in [0.29, 0.717) is 0 Å². The lowest BCUT2D eigenvalue weighted by atomic mass is 10.2. The van der Waals surface area contributed by atoms with Crippen LogP contribution in [-0.2, 0) is 0 Å². The number of nitrogens with zero attached hydrogens (tertiary/aromatic N) is 1. The van der Waals surface area contributed by atoms with Crippen molar-refractivity contribution >= 4 is 11.6 Å². The molecule has 0 spiro atoms. The van der Waals surface area contributed by atoms with E-state index in [-0.39, 0.29) is 0 Å². The summed E-state index contributed by atoms with van der Waals surface area (Å²) in [6, 6.07) is 5.84. The molecular formula is C12H16ClNO. The molecule has 0 aromatic heterocycles. The Morgan fingerprint density at radius 3 is 2.60 bits per heavy atom. The molecule has 0 bridgehead atoms. The highest BCUT2D eigenvalue weighted by atomic mass is 35.5. The van der Waals surface area contributed by atoms with Crippen LogP contribution in [0.25, 0.3) is 0 Å². The molecule has 1 fully saturated rings. The first-order valence-electron chi connectivity index (χ1n) is 5.45. The molecule has 0 atom stereocenters. The molecular weight excluding hydrogens is 210 g/mol. The Kier molecular flexibility index (Phi) is 3.49. The van der Waals surface area contributed by atoms with Crippen LogP contribution in [0.2, 0.25) is 5.02 Å². The van der Waals surface area contributed by atoms with Crippen molar-refractivity contribution in [1.82, 2.24) is 5.06 Å². The van der Waals surface area contributed by atoms with Gasteiger partial charge in [-0.05, 0) is 31.4 Å². The third kappa shape index (κ3) is 2.86. The minimum Gasteiger partial charge on any atom is -0.406 e. The van der Waals surface area contributed by atoms with E-state index in [1.807, 2.05) is 30.2 Å². The van der Waals surface area contributed by atoms with Crippen molar-refractivity contribution in [3.8, 4) is 5.75 Å². The summed E-state index contributed by atoms with van der Waals surface area (Å²) in [5.41, 5.74) is 1.09. The van der Waals surface area contributed by atoms with Crippen molar-refractivity contribution in [3.05, 3.63) is 28.8 Å². The number of piperidine rings is 1. The highest BCUT2D eigenvalue weighted by molar-refractivity contribution is 6.31. The van der Waals surface area contributed by atoms with Crippen LogP contribution >= 0.6 is 11.6 Å². The van der Waals surface area contributed by atoms with Gasteiger partial charge < -0.3 is 4.84 Å². The van der Waals surface area contributed by atoms with Gasteiger partial charge >= 0.3 is 0 Å². The zero-order valence-electron chi connectivity index (χ0n) is 9.00. The van der Waals surface area contributed by atoms with Gasteiger partial charge in [0.2, 0.25) is 0 Å². The summed E-state index contributed by atoms with van der Waals surface area (Å²) >= 11 is 6.03. The largest absolute Gasteiger partial charge is 0.406 e. The third-order valence-electron chi connectivity index (χ3n) is 2.69. The van der Waals surface area contributed by atoms with E-state index in [4.69, 9.17) is 16.4 Å². The average Bonchev–Trinajstić information content (AvgIpc) is 2.25. The molecule has 2 nitrogen and oxygen atoms in total. The molecule has 1 aromatic rings. The van der Waals surface area contributed by atoms with E-state index in [0.717, 1.165) is 29.4 Å². The van der Waals surface area contributed by atoms with Gasteiger partial charge in [-0.25, -0.2) is 0 Å². The van der Waals surface area contributed by atoms with Gasteiger partial charge in [-0.1, -0.05) is 24.1 Å². The van der Waals surface area contributed by atoms with Gasteiger partial charge in [0.25, 0.3) is 0 Å². The maximum Gasteiger partial charge on any atom is 0.148 e. The molecule has 0 amide bonds. The smallest absolute Gasteiger partial charge is 0.148 e. The van der Waals surface area contributed by atoms with E-state index in [1.165, 1.54) is 19.3 Å². The van der Waals surface area contributed by atoms with Crippen LogP contribution in [0.5, 0.6) is 5.75 Å². The van der Waals surface area contributed by atoms with Crippen LogP contribution in [0.3, 0.4) is 0 Å². The summed E-state index contributed by atoms with van der Waals surface area (Å²) in [5, 5.41) is 2.79. The monoisotopic (exact) mass is 225 g/mol. The highest BCUT2D eigenvalue weighted by Crippen LogP contribution is 2.23. The average molecular weight is 226 g/mol. The number of benzene rings is 1. The first kappa shape index (κ1) is 10.8. The van der Waals surface area contributed by atoms with Gasteiger partial charge in [0, 0.05) is 24.2 Å². The molecule has 0 saturated carbocycles. The molecule has 1 heterocycles. The molecule has 0 aliphatic carbocycles. The molecule has 1 saturated heterocycles. The van der Waals surface area contributed by atoms with Gasteiger partial charge in [-0.15, -0.1) is 5.06 Å². The van der Waals surface area contributed by atoms with Gasteiger partial charge in [0.15, 0.2) is 0 Å². The zero-order valence-corrected chi connectivity index (χ0v) is 9.76. The second kappa shape index (κ2) is 4.86. The molecule has 0 N–H and O–H groups in total. The summed E-state index contributed by atoms with van der Waals surface area (Å²) in [6.45, 7) is 4.03. The van der Waals surface area contributed by atoms with E-state index >= 15 is 0 Å². The SMILES string of the molecule is Cc1ccc(ON2CCCCC2)cc1Cl. The van der Waals surface area contributed by atoms with Crippen LogP contribution in [0.15, 0.2) is 18.2 Å². The zero-order chi connectivity index (χ0) is 10.7. The minimum atomic E-state index is 0.768. The number of hydrogen-bond acceptors (Lipinski definition) is 2. The van der Waals surface area contributed by atoms with Gasteiger partial charge in [0.05, 0.1) is 0 Å². The van der Waals surface area contributed by atoms with Gasteiger partial charge in [-0.2, -0.15) is 0 Å². The number of rotatable bonds is 2. The van der Waals surface area contributed by atoms with Crippen LogP contribution in [0.1, 0.15) is 24.8 Å². The Morgan fingerprint density at radius 2 is 1.93 bits per heavy atom. The maximum atomic E-state index is 6.03. The first-order valence-corrected chi connectivity index (χ1v) is 5.82. The molecule has 0 radical (unpaired) electrons. The lowest BCUT2D eigenvalue weighted by Crippen LogP contribution is -2.32. The van der Waals surface area contributed by atoms with Crippen LogP contribution in [0, 0.1) is 6.92 Å². The van der Waals surface area contributed by atoms with E-state index in [1.54, 1.807) is 0 Å².